The molecule has 0 heterocycles. The first-order valence-electron chi connectivity index (χ1n) is 8.83. The van der Waals surface area contributed by atoms with Crippen LogP contribution in [-0.4, -0.2) is 39.4 Å². The van der Waals surface area contributed by atoms with Crippen LogP contribution in [0.15, 0.2) is 29.3 Å². The third-order valence-electron chi connectivity index (χ3n) is 3.38. The Morgan fingerprint density at radius 1 is 1.16 bits per heavy atom. The molecular formula is C19H34IN3O2. The lowest BCUT2D eigenvalue weighted by Crippen LogP contribution is -2.38. The number of hydrogen-bond acceptors (Lipinski definition) is 3. The molecule has 0 saturated carbocycles. The van der Waals surface area contributed by atoms with Crippen LogP contribution < -0.4 is 10.6 Å². The van der Waals surface area contributed by atoms with E-state index in [0.29, 0.717) is 19.1 Å². The summed E-state index contributed by atoms with van der Waals surface area (Å²) in [6.07, 6.45) is 0.970. The highest BCUT2D eigenvalue weighted by Gasteiger charge is 2.02. The van der Waals surface area contributed by atoms with E-state index in [1.165, 1.54) is 11.1 Å². The Labute approximate surface area is 170 Å². The van der Waals surface area contributed by atoms with Gasteiger partial charge in [0.15, 0.2) is 5.96 Å². The van der Waals surface area contributed by atoms with Crippen LogP contribution >= 0.6 is 24.0 Å². The molecule has 2 N–H and O–H groups in total. The van der Waals surface area contributed by atoms with Crippen molar-refractivity contribution in [2.75, 3.05) is 33.4 Å². The van der Waals surface area contributed by atoms with Gasteiger partial charge < -0.3 is 20.1 Å². The molecule has 0 aliphatic carbocycles. The normalized spacial score (nSPS) is 11.3. The molecule has 1 aromatic rings. The number of halogens is 1. The minimum atomic E-state index is 0. The zero-order valence-electron chi connectivity index (χ0n) is 16.0. The lowest BCUT2D eigenvalue weighted by atomic mass is 10.1. The van der Waals surface area contributed by atoms with E-state index in [2.05, 4.69) is 48.5 Å². The summed E-state index contributed by atoms with van der Waals surface area (Å²) < 4.78 is 10.8. The van der Waals surface area contributed by atoms with Gasteiger partial charge in [-0.3, -0.25) is 0 Å². The van der Waals surface area contributed by atoms with Gasteiger partial charge in [-0.2, -0.15) is 0 Å². The Bertz CT molecular complexity index is 481. The third-order valence-corrected chi connectivity index (χ3v) is 3.38. The number of benzene rings is 1. The van der Waals surface area contributed by atoms with Crippen LogP contribution in [0.2, 0.25) is 0 Å². The summed E-state index contributed by atoms with van der Waals surface area (Å²) in [6, 6.07) is 8.25. The van der Waals surface area contributed by atoms with Crippen LogP contribution in [0.4, 0.5) is 0 Å². The number of hydrogen-bond donors (Lipinski definition) is 2. The smallest absolute Gasteiger partial charge is 0.191 e. The zero-order valence-corrected chi connectivity index (χ0v) is 18.3. The fraction of sp³-hybridized carbons (Fsp3) is 0.632. The number of rotatable bonds is 11. The topological polar surface area (TPSA) is 54.9 Å². The fourth-order valence-corrected chi connectivity index (χ4v) is 2.21. The Morgan fingerprint density at radius 2 is 1.88 bits per heavy atom. The van der Waals surface area contributed by atoms with E-state index in [1.807, 2.05) is 12.1 Å². The summed E-state index contributed by atoms with van der Waals surface area (Å²) in [4.78, 5) is 4.67. The van der Waals surface area contributed by atoms with E-state index < -0.39 is 0 Å². The van der Waals surface area contributed by atoms with E-state index in [-0.39, 0.29) is 24.0 Å². The van der Waals surface area contributed by atoms with E-state index in [0.717, 1.165) is 38.7 Å². The van der Waals surface area contributed by atoms with Crippen LogP contribution in [-0.2, 0) is 22.6 Å². The van der Waals surface area contributed by atoms with Gasteiger partial charge in [0.1, 0.15) is 0 Å². The van der Waals surface area contributed by atoms with Gasteiger partial charge in [-0.05, 0) is 30.4 Å². The number of guanidine groups is 1. The summed E-state index contributed by atoms with van der Waals surface area (Å²) in [5.41, 5.74) is 2.37. The van der Waals surface area contributed by atoms with Crippen molar-refractivity contribution in [3.63, 3.8) is 0 Å². The Kier molecular flexibility index (Phi) is 14.9. The van der Waals surface area contributed by atoms with Crippen molar-refractivity contribution in [1.82, 2.24) is 10.6 Å². The first-order valence-corrected chi connectivity index (χ1v) is 8.83. The molecule has 0 atom stereocenters. The van der Waals surface area contributed by atoms with Crippen LogP contribution in [0.3, 0.4) is 0 Å². The maximum absolute atomic E-state index is 5.59. The van der Waals surface area contributed by atoms with E-state index >= 15 is 0 Å². The molecular weight excluding hydrogens is 429 g/mol. The Balaban J connectivity index is 0.00000576. The average Bonchev–Trinajstić information content (AvgIpc) is 2.56. The van der Waals surface area contributed by atoms with Crippen LogP contribution in [0.1, 0.15) is 38.3 Å². The lowest BCUT2D eigenvalue weighted by Gasteiger charge is -2.13. The molecule has 0 amide bonds. The first kappa shape index (κ1) is 24.1. The number of methoxy groups -OCH3 is 1. The van der Waals surface area contributed by atoms with Crippen molar-refractivity contribution in [3.8, 4) is 0 Å². The number of ether oxygens (including phenoxy) is 2. The third kappa shape index (κ3) is 11.4. The zero-order chi connectivity index (χ0) is 17.6. The van der Waals surface area contributed by atoms with Gasteiger partial charge in [0.05, 0.1) is 13.2 Å². The fourth-order valence-electron chi connectivity index (χ4n) is 2.21. The average molecular weight is 463 g/mol. The first-order chi connectivity index (χ1) is 11.7. The second-order valence-electron chi connectivity index (χ2n) is 6.15. The van der Waals surface area contributed by atoms with Gasteiger partial charge in [0.2, 0.25) is 0 Å². The lowest BCUT2D eigenvalue weighted by molar-refractivity contribution is 0.108. The predicted octanol–water partition coefficient (Wildman–Crippen LogP) is 3.57. The Hall–Kier alpha value is -0.860. The Morgan fingerprint density at radius 3 is 2.52 bits per heavy atom. The second kappa shape index (κ2) is 15.4. The van der Waals surface area contributed by atoms with Gasteiger partial charge >= 0.3 is 0 Å². The highest BCUT2D eigenvalue weighted by Crippen LogP contribution is 2.11. The van der Waals surface area contributed by atoms with E-state index in [4.69, 9.17) is 9.47 Å². The number of nitrogens with one attached hydrogen (secondary N) is 2. The minimum Gasteiger partial charge on any atom is -0.381 e. The second-order valence-corrected chi connectivity index (χ2v) is 6.15. The summed E-state index contributed by atoms with van der Waals surface area (Å²) in [6.45, 7) is 10.9. The number of nitrogens with zero attached hydrogens (tertiary/aromatic N) is 1. The molecule has 144 valence electrons. The van der Waals surface area contributed by atoms with Crippen molar-refractivity contribution < 1.29 is 9.47 Å². The van der Waals surface area contributed by atoms with Crippen molar-refractivity contribution in [2.24, 2.45) is 10.9 Å². The summed E-state index contributed by atoms with van der Waals surface area (Å²) >= 11 is 0. The molecule has 0 fully saturated rings. The number of aliphatic imine (C=N–C) groups is 1. The van der Waals surface area contributed by atoms with Crippen molar-refractivity contribution in [3.05, 3.63) is 35.4 Å². The molecule has 0 bridgehead atoms. The molecule has 0 unspecified atom stereocenters. The summed E-state index contributed by atoms with van der Waals surface area (Å²) in [5, 5.41) is 6.64. The molecule has 6 heteroatoms. The molecule has 0 aliphatic rings. The largest absolute Gasteiger partial charge is 0.381 e. The van der Waals surface area contributed by atoms with Gasteiger partial charge in [-0.25, -0.2) is 4.99 Å². The molecule has 0 saturated heterocycles. The van der Waals surface area contributed by atoms with Gasteiger partial charge in [0, 0.05) is 33.4 Å². The summed E-state index contributed by atoms with van der Waals surface area (Å²) in [5.74, 6) is 1.43. The molecule has 5 nitrogen and oxygen atoms in total. The molecule has 1 aromatic carbocycles. The van der Waals surface area contributed by atoms with Crippen molar-refractivity contribution in [2.45, 2.75) is 40.3 Å². The molecule has 1 rings (SSSR count). The predicted molar refractivity (Wildman–Crippen MR) is 116 cm³/mol. The molecule has 0 aromatic heterocycles. The van der Waals surface area contributed by atoms with Crippen LogP contribution in [0.25, 0.3) is 0 Å². The monoisotopic (exact) mass is 463 g/mol. The summed E-state index contributed by atoms with van der Waals surface area (Å²) in [7, 11) is 1.72. The SMILES string of the molecule is CCNC(=NCc1ccccc1COC)NCCCOCC(C)C.I. The highest BCUT2D eigenvalue weighted by atomic mass is 127. The highest BCUT2D eigenvalue weighted by molar-refractivity contribution is 14.0. The van der Waals surface area contributed by atoms with Gasteiger partial charge in [0.25, 0.3) is 0 Å². The quantitative estimate of drug-likeness (QED) is 0.228. The standard InChI is InChI=1S/C19H33N3O2.HI/c1-5-20-19(21-11-8-12-24-14-16(2)3)22-13-17-9-6-7-10-18(17)15-23-4;/h6-7,9-10,16H,5,8,11-15H2,1-4H3,(H2,20,21,22);1H. The molecule has 0 aliphatic heterocycles. The molecule has 25 heavy (non-hydrogen) atoms. The van der Waals surface area contributed by atoms with Crippen molar-refractivity contribution in [1.29, 1.82) is 0 Å². The maximum Gasteiger partial charge on any atom is 0.191 e. The minimum absolute atomic E-state index is 0. The van der Waals surface area contributed by atoms with Crippen molar-refractivity contribution >= 4 is 29.9 Å². The maximum atomic E-state index is 5.59. The molecule has 0 spiro atoms. The molecule has 0 radical (unpaired) electrons. The van der Waals surface area contributed by atoms with Crippen LogP contribution in [0, 0.1) is 5.92 Å². The van der Waals surface area contributed by atoms with Crippen LogP contribution in [0.5, 0.6) is 0 Å². The van der Waals surface area contributed by atoms with E-state index in [1.54, 1.807) is 7.11 Å². The van der Waals surface area contributed by atoms with E-state index in [9.17, 15) is 0 Å². The van der Waals surface area contributed by atoms with Gasteiger partial charge in [-0.15, -0.1) is 24.0 Å². The van der Waals surface area contributed by atoms with Gasteiger partial charge in [-0.1, -0.05) is 38.1 Å².